The van der Waals surface area contributed by atoms with E-state index in [9.17, 15) is 0 Å². The number of piperidine rings is 1. The Kier molecular flexibility index (Phi) is 3.78. The van der Waals surface area contributed by atoms with Gasteiger partial charge >= 0.3 is 0 Å². The van der Waals surface area contributed by atoms with Crippen LogP contribution < -0.4 is 11.1 Å². The number of halogens is 1. The minimum atomic E-state index is 0.352. The molecule has 82 valence electrons. The third kappa shape index (κ3) is 3.03. The molecular formula is C12H17BrN2. The number of nitrogens with two attached hydrogens (primary N) is 1. The molecule has 3 N–H and O–H groups in total. The van der Waals surface area contributed by atoms with Crippen LogP contribution in [0.15, 0.2) is 28.7 Å². The molecule has 1 aliphatic heterocycles. The monoisotopic (exact) mass is 268 g/mol. The van der Waals surface area contributed by atoms with Crippen molar-refractivity contribution in [2.45, 2.75) is 18.9 Å². The summed E-state index contributed by atoms with van der Waals surface area (Å²) in [6, 6.07) is 8.85. The van der Waals surface area contributed by atoms with Crippen LogP contribution in [0.1, 0.15) is 12.0 Å². The van der Waals surface area contributed by atoms with Crippen LogP contribution in [0.5, 0.6) is 0 Å². The first-order chi connectivity index (χ1) is 7.25. The molecular weight excluding hydrogens is 252 g/mol. The van der Waals surface area contributed by atoms with Crippen LogP contribution in [0.3, 0.4) is 0 Å². The lowest BCUT2D eigenvalue weighted by atomic mass is 9.88. The number of rotatable bonds is 2. The Bertz CT molecular complexity index is 327. The first kappa shape index (κ1) is 11.1. The molecule has 2 atom stereocenters. The highest BCUT2D eigenvalue weighted by molar-refractivity contribution is 9.10. The van der Waals surface area contributed by atoms with Crippen molar-refractivity contribution < 1.29 is 0 Å². The molecule has 1 saturated heterocycles. The molecule has 0 aromatic heterocycles. The molecule has 1 aromatic rings. The molecule has 0 aliphatic carbocycles. The van der Waals surface area contributed by atoms with E-state index in [4.69, 9.17) is 5.73 Å². The second-order valence-electron chi connectivity index (χ2n) is 4.25. The summed E-state index contributed by atoms with van der Waals surface area (Å²) in [6.45, 7) is 2.11. The van der Waals surface area contributed by atoms with Crippen LogP contribution in [-0.2, 0) is 6.42 Å². The van der Waals surface area contributed by atoms with E-state index in [1.807, 2.05) is 0 Å². The van der Waals surface area contributed by atoms with E-state index >= 15 is 0 Å². The summed E-state index contributed by atoms with van der Waals surface area (Å²) in [7, 11) is 0. The molecule has 1 heterocycles. The van der Waals surface area contributed by atoms with Gasteiger partial charge in [0, 0.05) is 10.5 Å². The second kappa shape index (κ2) is 5.10. The summed E-state index contributed by atoms with van der Waals surface area (Å²) in [5, 5.41) is 3.41. The van der Waals surface area contributed by atoms with E-state index in [1.54, 1.807) is 0 Å². The maximum Gasteiger partial charge on any atom is 0.0177 e. The summed E-state index contributed by atoms with van der Waals surface area (Å²) in [5.74, 6) is 0.577. The molecule has 0 saturated carbocycles. The minimum absolute atomic E-state index is 0.352. The van der Waals surface area contributed by atoms with Crippen molar-refractivity contribution in [3.8, 4) is 0 Å². The molecule has 2 unspecified atom stereocenters. The van der Waals surface area contributed by atoms with Crippen molar-refractivity contribution in [1.82, 2.24) is 5.32 Å². The summed E-state index contributed by atoms with van der Waals surface area (Å²) in [5.41, 5.74) is 7.48. The van der Waals surface area contributed by atoms with E-state index in [0.717, 1.165) is 30.4 Å². The highest BCUT2D eigenvalue weighted by atomic mass is 79.9. The Labute approximate surface area is 99.4 Å². The van der Waals surface area contributed by atoms with E-state index in [-0.39, 0.29) is 0 Å². The molecule has 1 aliphatic rings. The van der Waals surface area contributed by atoms with Gasteiger partial charge in [0.25, 0.3) is 0 Å². The van der Waals surface area contributed by atoms with Crippen LogP contribution in [0.25, 0.3) is 0 Å². The van der Waals surface area contributed by atoms with E-state index in [0.29, 0.717) is 12.0 Å². The fourth-order valence-corrected chi connectivity index (χ4v) is 2.58. The van der Waals surface area contributed by atoms with E-state index in [1.165, 1.54) is 5.56 Å². The van der Waals surface area contributed by atoms with Gasteiger partial charge in [-0.1, -0.05) is 28.1 Å². The van der Waals surface area contributed by atoms with Crippen LogP contribution >= 0.6 is 15.9 Å². The maximum absolute atomic E-state index is 6.11. The van der Waals surface area contributed by atoms with Crippen LogP contribution in [0, 0.1) is 5.92 Å². The van der Waals surface area contributed by atoms with Crippen LogP contribution in [0.2, 0.25) is 0 Å². The minimum Gasteiger partial charge on any atom is -0.327 e. The Morgan fingerprint density at radius 3 is 3.07 bits per heavy atom. The molecule has 15 heavy (non-hydrogen) atoms. The Morgan fingerprint density at radius 2 is 2.33 bits per heavy atom. The molecule has 1 fully saturated rings. The fraction of sp³-hybridized carbons (Fsp3) is 0.500. The standard InChI is InChI=1S/C12H17BrN2/c13-11-3-1-2-9(7-11)6-10-8-15-5-4-12(10)14/h1-3,7,10,12,15H,4-6,8,14H2. The third-order valence-electron chi connectivity index (χ3n) is 3.05. The number of hydrogen-bond acceptors (Lipinski definition) is 2. The summed E-state index contributed by atoms with van der Waals surface area (Å²) in [4.78, 5) is 0. The van der Waals surface area contributed by atoms with Crippen LogP contribution in [-0.4, -0.2) is 19.1 Å². The lowest BCUT2D eigenvalue weighted by molar-refractivity contribution is 0.324. The molecule has 2 rings (SSSR count). The average Bonchev–Trinajstić information content (AvgIpc) is 2.22. The van der Waals surface area contributed by atoms with Gasteiger partial charge in [0.05, 0.1) is 0 Å². The fourth-order valence-electron chi connectivity index (χ4n) is 2.13. The highest BCUT2D eigenvalue weighted by Gasteiger charge is 2.21. The number of hydrogen-bond donors (Lipinski definition) is 2. The van der Waals surface area contributed by atoms with Gasteiger partial charge in [-0.25, -0.2) is 0 Å². The zero-order valence-electron chi connectivity index (χ0n) is 8.75. The lowest BCUT2D eigenvalue weighted by Gasteiger charge is -2.29. The van der Waals surface area contributed by atoms with E-state index < -0.39 is 0 Å². The van der Waals surface area contributed by atoms with Gasteiger partial charge in [-0.15, -0.1) is 0 Å². The lowest BCUT2D eigenvalue weighted by Crippen LogP contribution is -2.45. The van der Waals surface area contributed by atoms with Crippen molar-refractivity contribution in [3.63, 3.8) is 0 Å². The first-order valence-electron chi connectivity index (χ1n) is 5.46. The summed E-state index contributed by atoms with van der Waals surface area (Å²) >= 11 is 3.50. The maximum atomic E-state index is 6.11. The molecule has 3 heteroatoms. The van der Waals surface area contributed by atoms with E-state index in [2.05, 4.69) is 45.5 Å². The van der Waals surface area contributed by atoms with Crippen molar-refractivity contribution in [3.05, 3.63) is 34.3 Å². The number of nitrogens with one attached hydrogen (secondary N) is 1. The predicted molar refractivity (Wildman–Crippen MR) is 66.8 cm³/mol. The van der Waals surface area contributed by atoms with Gasteiger partial charge in [-0.2, -0.15) is 0 Å². The molecule has 2 nitrogen and oxygen atoms in total. The summed E-state index contributed by atoms with van der Waals surface area (Å²) < 4.78 is 1.15. The average molecular weight is 269 g/mol. The zero-order chi connectivity index (χ0) is 10.7. The van der Waals surface area contributed by atoms with Gasteiger partial charge < -0.3 is 11.1 Å². The molecule has 0 amide bonds. The van der Waals surface area contributed by atoms with Crippen LogP contribution in [0.4, 0.5) is 0 Å². The third-order valence-corrected chi connectivity index (χ3v) is 3.55. The van der Waals surface area contributed by atoms with Crippen molar-refractivity contribution >= 4 is 15.9 Å². The number of benzene rings is 1. The Hall–Kier alpha value is -0.380. The van der Waals surface area contributed by atoms with Gasteiger partial charge in [0.2, 0.25) is 0 Å². The molecule has 0 bridgehead atoms. The van der Waals surface area contributed by atoms with Crippen molar-refractivity contribution in [2.75, 3.05) is 13.1 Å². The summed E-state index contributed by atoms with van der Waals surface area (Å²) in [6.07, 6.45) is 2.17. The molecule has 1 aromatic carbocycles. The van der Waals surface area contributed by atoms with Crippen molar-refractivity contribution in [2.24, 2.45) is 11.7 Å². The topological polar surface area (TPSA) is 38.0 Å². The normalized spacial score (nSPS) is 26.5. The first-order valence-corrected chi connectivity index (χ1v) is 6.26. The second-order valence-corrected chi connectivity index (χ2v) is 5.17. The molecule has 0 spiro atoms. The predicted octanol–water partition coefficient (Wildman–Crippen LogP) is 1.93. The zero-order valence-corrected chi connectivity index (χ0v) is 10.3. The smallest absolute Gasteiger partial charge is 0.0177 e. The molecule has 0 radical (unpaired) electrons. The highest BCUT2D eigenvalue weighted by Crippen LogP contribution is 2.18. The Balaban J connectivity index is 2.01. The SMILES string of the molecule is NC1CCNCC1Cc1cccc(Br)c1. The van der Waals surface area contributed by atoms with Gasteiger partial charge in [0.1, 0.15) is 0 Å². The quantitative estimate of drug-likeness (QED) is 0.861. The van der Waals surface area contributed by atoms with Gasteiger partial charge in [-0.3, -0.25) is 0 Å². The largest absolute Gasteiger partial charge is 0.327 e. The van der Waals surface area contributed by atoms with Crippen molar-refractivity contribution in [1.29, 1.82) is 0 Å². The van der Waals surface area contributed by atoms with Gasteiger partial charge in [0.15, 0.2) is 0 Å². The Morgan fingerprint density at radius 1 is 1.47 bits per heavy atom. The van der Waals surface area contributed by atoms with Gasteiger partial charge in [-0.05, 0) is 49.5 Å².